The second-order valence-corrected chi connectivity index (χ2v) is 8.15. The van der Waals surface area contributed by atoms with E-state index in [0.717, 1.165) is 51.5 Å². The zero-order chi connectivity index (χ0) is 18.4. The largest absolute Gasteiger partial charge is 0.381 e. The molecule has 0 radical (unpaired) electrons. The van der Waals surface area contributed by atoms with Crippen molar-refractivity contribution < 1.29 is 4.74 Å². The molecular weight excluding hydrogens is 344 g/mol. The van der Waals surface area contributed by atoms with Crippen LogP contribution in [0.3, 0.4) is 0 Å². The Hall–Kier alpha value is -1.66. The van der Waals surface area contributed by atoms with Crippen LogP contribution in [0.5, 0.6) is 0 Å². The lowest BCUT2D eigenvalue weighted by atomic mass is 9.99. The van der Waals surface area contributed by atoms with Gasteiger partial charge in [0.25, 0.3) is 0 Å². The molecule has 2 aromatic rings. The molecule has 1 aromatic carbocycles. The number of aliphatic imine (C=N–C) groups is 1. The van der Waals surface area contributed by atoms with Gasteiger partial charge in [-0.1, -0.05) is 18.2 Å². The quantitative estimate of drug-likeness (QED) is 0.537. The number of nitrogens with one attached hydrogen (secondary N) is 3. The van der Waals surface area contributed by atoms with Gasteiger partial charge in [-0.05, 0) is 44.1 Å². The van der Waals surface area contributed by atoms with E-state index in [1.54, 1.807) is 0 Å². The summed E-state index contributed by atoms with van der Waals surface area (Å²) >= 11 is 1.94. The van der Waals surface area contributed by atoms with E-state index in [1.165, 1.54) is 22.2 Å². The molecule has 1 aliphatic heterocycles. The molecule has 5 nitrogen and oxygen atoms in total. The van der Waals surface area contributed by atoms with Gasteiger partial charge in [0.05, 0.1) is 0 Å². The number of nitrogens with zero attached hydrogens (tertiary/aromatic N) is 1. The van der Waals surface area contributed by atoms with E-state index in [4.69, 9.17) is 4.74 Å². The van der Waals surface area contributed by atoms with Gasteiger partial charge in [-0.2, -0.15) is 11.8 Å². The molecule has 0 aliphatic carbocycles. The van der Waals surface area contributed by atoms with E-state index in [1.807, 2.05) is 18.8 Å². The number of rotatable bonds is 6. The van der Waals surface area contributed by atoms with E-state index in [9.17, 15) is 0 Å². The third-order valence-corrected chi connectivity index (χ3v) is 6.75. The van der Waals surface area contributed by atoms with Crippen molar-refractivity contribution >= 4 is 28.6 Å². The molecule has 0 saturated carbocycles. The summed E-state index contributed by atoms with van der Waals surface area (Å²) in [5, 5.41) is 8.30. The van der Waals surface area contributed by atoms with Crippen LogP contribution in [0.1, 0.15) is 24.1 Å². The molecule has 142 valence electrons. The Morgan fingerprint density at radius 3 is 2.77 bits per heavy atom. The predicted octanol–water partition coefficient (Wildman–Crippen LogP) is 3.10. The fraction of sp³-hybridized carbons (Fsp3) is 0.550. The SMILES string of the molecule is CN=C(NCCc1c(C)[nH]c2ccccc12)NCC1(SC)CCOCC1. The number of benzene rings is 1. The summed E-state index contributed by atoms with van der Waals surface area (Å²) in [4.78, 5) is 7.86. The maximum Gasteiger partial charge on any atom is 0.191 e. The molecule has 26 heavy (non-hydrogen) atoms. The summed E-state index contributed by atoms with van der Waals surface area (Å²) in [7, 11) is 1.84. The van der Waals surface area contributed by atoms with Crippen LogP contribution in [0.4, 0.5) is 0 Å². The van der Waals surface area contributed by atoms with Gasteiger partial charge in [0.15, 0.2) is 5.96 Å². The third-order valence-electron chi connectivity index (χ3n) is 5.33. The molecule has 0 atom stereocenters. The molecule has 1 aromatic heterocycles. The van der Waals surface area contributed by atoms with Crippen molar-refractivity contribution in [2.75, 3.05) is 39.6 Å². The molecule has 6 heteroatoms. The zero-order valence-corrected chi connectivity index (χ0v) is 16.8. The maximum atomic E-state index is 5.52. The molecule has 0 bridgehead atoms. The Bertz CT molecular complexity index is 749. The van der Waals surface area contributed by atoms with E-state index >= 15 is 0 Å². The van der Waals surface area contributed by atoms with Gasteiger partial charge in [0.1, 0.15) is 0 Å². The van der Waals surface area contributed by atoms with E-state index in [2.05, 4.69) is 58.1 Å². The predicted molar refractivity (Wildman–Crippen MR) is 112 cm³/mol. The lowest BCUT2D eigenvalue weighted by molar-refractivity contribution is 0.0783. The number of aryl methyl sites for hydroxylation is 1. The average Bonchev–Trinajstić information content (AvgIpc) is 3.00. The first-order valence-corrected chi connectivity index (χ1v) is 10.5. The second kappa shape index (κ2) is 8.82. The monoisotopic (exact) mass is 374 g/mol. The van der Waals surface area contributed by atoms with Gasteiger partial charge >= 0.3 is 0 Å². The van der Waals surface area contributed by atoms with Gasteiger partial charge < -0.3 is 20.4 Å². The highest BCUT2D eigenvalue weighted by molar-refractivity contribution is 8.00. The Morgan fingerprint density at radius 2 is 2.04 bits per heavy atom. The first-order chi connectivity index (χ1) is 12.7. The highest BCUT2D eigenvalue weighted by Gasteiger charge is 2.31. The van der Waals surface area contributed by atoms with Crippen LogP contribution in [0.25, 0.3) is 10.9 Å². The number of para-hydroxylation sites is 1. The third kappa shape index (κ3) is 4.35. The average molecular weight is 375 g/mol. The zero-order valence-electron chi connectivity index (χ0n) is 16.0. The molecule has 1 aliphatic rings. The van der Waals surface area contributed by atoms with Crippen LogP contribution in [0.2, 0.25) is 0 Å². The number of aromatic amines is 1. The van der Waals surface area contributed by atoms with E-state index < -0.39 is 0 Å². The van der Waals surface area contributed by atoms with Gasteiger partial charge in [-0.25, -0.2) is 0 Å². The van der Waals surface area contributed by atoms with Crippen LogP contribution >= 0.6 is 11.8 Å². The molecule has 0 spiro atoms. The molecule has 2 heterocycles. The van der Waals surface area contributed by atoms with Crippen LogP contribution < -0.4 is 10.6 Å². The molecule has 3 rings (SSSR count). The minimum Gasteiger partial charge on any atom is -0.381 e. The first kappa shape index (κ1) is 19.1. The van der Waals surface area contributed by atoms with Crippen molar-refractivity contribution in [3.63, 3.8) is 0 Å². The van der Waals surface area contributed by atoms with Crippen LogP contribution in [-0.4, -0.2) is 55.3 Å². The van der Waals surface area contributed by atoms with Gasteiger partial charge in [-0.3, -0.25) is 4.99 Å². The number of guanidine groups is 1. The highest BCUT2D eigenvalue weighted by atomic mass is 32.2. The fourth-order valence-electron chi connectivity index (χ4n) is 3.62. The second-order valence-electron chi connectivity index (χ2n) is 6.88. The molecule has 1 fully saturated rings. The number of ether oxygens (including phenoxy) is 1. The maximum absolute atomic E-state index is 5.52. The molecule has 3 N–H and O–H groups in total. The van der Waals surface area contributed by atoms with Crippen molar-refractivity contribution in [1.29, 1.82) is 0 Å². The smallest absolute Gasteiger partial charge is 0.191 e. The molecular formula is C20H30N4OS. The summed E-state index contributed by atoms with van der Waals surface area (Å²) in [6.07, 6.45) is 5.35. The van der Waals surface area contributed by atoms with Crippen LogP contribution in [0.15, 0.2) is 29.3 Å². The number of thioether (sulfide) groups is 1. The number of fused-ring (bicyclic) bond motifs is 1. The van der Waals surface area contributed by atoms with Crippen molar-refractivity contribution in [2.24, 2.45) is 4.99 Å². The van der Waals surface area contributed by atoms with Crippen LogP contribution in [-0.2, 0) is 11.2 Å². The van der Waals surface area contributed by atoms with E-state index in [-0.39, 0.29) is 4.75 Å². The van der Waals surface area contributed by atoms with E-state index in [0.29, 0.717) is 0 Å². The summed E-state index contributed by atoms with van der Waals surface area (Å²) in [6.45, 7) is 5.64. The topological polar surface area (TPSA) is 61.4 Å². The highest BCUT2D eigenvalue weighted by Crippen LogP contribution is 2.32. The Labute approximate surface area is 160 Å². The molecule has 1 saturated heterocycles. The standard InChI is InChI=1S/C20H30N4OS/c1-15-16(17-6-4-5-7-18(17)24-15)8-11-22-19(21-2)23-14-20(26-3)9-12-25-13-10-20/h4-7,24H,8-14H2,1-3H3,(H2,21,22,23). The number of hydrogen-bond acceptors (Lipinski definition) is 3. The van der Waals surface area contributed by atoms with Gasteiger partial charge in [0, 0.05) is 54.7 Å². The van der Waals surface area contributed by atoms with Crippen molar-refractivity contribution in [3.05, 3.63) is 35.5 Å². The minimum absolute atomic E-state index is 0.253. The number of aromatic nitrogens is 1. The number of hydrogen-bond donors (Lipinski definition) is 3. The van der Waals surface area contributed by atoms with Crippen molar-refractivity contribution in [3.8, 4) is 0 Å². The lowest BCUT2D eigenvalue weighted by Gasteiger charge is -2.36. The Morgan fingerprint density at radius 1 is 1.27 bits per heavy atom. The summed E-state index contributed by atoms with van der Waals surface area (Å²) in [5.74, 6) is 0.877. The normalized spacial score (nSPS) is 17.4. The minimum atomic E-state index is 0.253. The van der Waals surface area contributed by atoms with Gasteiger partial charge in [0.2, 0.25) is 0 Å². The van der Waals surface area contributed by atoms with Crippen molar-refractivity contribution in [1.82, 2.24) is 15.6 Å². The lowest BCUT2D eigenvalue weighted by Crippen LogP contribution is -2.48. The summed E-state index contributed by atoms with van der Waals surface area (Å²) in [5.41, 5.74) is 3.84. The molecule has 0 amide bonds. The summed E-state index contributed by atoms with van der Waals surface area (Å²) in [6, 6.07) is 8.50. The first-order valence-electron chi connectivity index (χ1n) is 9.31. The van der Waals surface area contributed by atoms with Gasteiger partial charge in [-0.15, -0.1) is 0 Å². The Kier molecular flexibility index (Phi) is 6.48. The van der Waals surface area contributed by atoms with Crippen LogP contribution in [0, 0.1) is 6.92 Å². The van der Waals surface area contributed by atoms with Crippen molar-refractivity contribution in [2.45, 2.75) is 30.9 Å². The molecule has 0 unspecified atom stereocenters. The Balaban J connectivity index is 1.53. The number of H-pyrrole nitrogens is 1. The fourth-order valence-corrected chi connectivity index (χ4v) is 4.42. The summed E-state index contributed by atoms with van der Waals surface area (Å²) < 4.78 is 5.78.